The summed E-state index contributed by atoms with van der Waals surface area (Å²) < 4.78 is 0. The van der Waals surface area contributed by atoms with Gasteiger partial charge in [0.05, 0.1) is 0 Å². The van der Waals surface area contributed by atoms with Crippen molar-refractivity contribution >= 4 is 49.4 Å². The van der Waals surface area contributed by atoms with Crippen molar-refractivity contribution in [2.45, 2.75) is 0 Å². The highest BCUT2D eigenvalue weighted by molar-refractivity contribution is 6.08. The van der Waals surface area contributed by atoms with Crippen LogP contribution in [0.3, 0.4) is 0 Å². The van der Waals surface area contributed by atoms with Gasteiger partial charge in [0.1, 0.15) is 0 Å². The highest BCUT2D eigenvalue weighted by Crippen LogP contribution is 2.39. The van der Waals surface area contributed by atoms with Crippen LogP contribution in [0.1, 0.15) is 0 Å². The highest BCUT2D eigenvalue weighted by Gasteiger charge is 2.15. The van der Waals surface area contributed by atoms with E-state index < -0.39 is 0 Å². The summed E-state index contributed by atoms with van der Waals surface area (Å²) in [5.74, 6) is 0. The average Bonchev–Trinajstić information content (AvgIpc) is 3.18. The van der Waals surface area contributed by atoms with E-state index in [1.807, 2.05) is 0 Å². The Morgan fingerprint density at radius 2 is 0.735 bits per heavy atom. The second-order valence-corrected chi connectivity index (χ2v) is 12.6. The van der Waals surface area contributed by atoms with Crippen LogP contribution >= 0.6 is 0 Å². The maximum absolute atomic E-state index is 2.36. The van der Waals surface area contributed by atoms with Crippen LogP contribution in [0.4, 0.5) is 17.1 Å². The van der Waals surface area contributed by atoms with Gasteiger partial charge in [0.2, 0.25) is 0 Å². The Bertz CT molecular complexity index is 2580. The van der Waals surface area contributed by atoms with E-state index >= 15 is 0 Å². The Hall–Kier alpha value is -6.44. The Morgan fingerprint density at radius 3 is 1.49 bits per heavy atom. The number of anilines is 3. The van der Waals surface area contributed by atoms with Crippen LogP contribution in [0.2, 0.25) is 0 Å². The van der Waals surface area contributed by atoms with Gasteiger partial charge in [-0.3, -0.25) is 0 Å². The van der Waals surface area contributed by atoms with Gasteiger partial charge in [0.25, 0.3) is 0 Å². The van der Waals surface area contributed by atoms with Gasteiger partial charge in [-0.15, -0.1) is 0 Å². The summed E-state index contributed by atoms with van der Waals surface area (Å²) in [5.41, 5.74) is 10.6. The normalized spacial score (nSPS) is 11.3. The van der Waals surface area contributed by atoms with E-state index in [2.05, 4.69) is 205 Å². The second kappa shape index (κ2) is 12.3. The van der Waals surface area contributed by atoms with Crippen LogP contribution < -0.4 is 4.90 Å². The molecule has 0 atom stereocenters. The van der Waals surface area contributed by atoms with E-state index in [0.29, 0.717) is 0 Å². The van der Waals surface area contributed by atoms with Crippen molar-refractivity contribution in [2.24, 2.45) is 0 Å². The van der Waals surface area contributed by atoms with Crippen molar-refractivity contribution in [1.82, 2.24) is 0 Å². The molecule has 9 aromatic carbocycles. The Balaban J connectivity index is 1.12. The van der Waals surface area contributed by atoms with Gasteiger partial charge in [0, 0.05) is 17.1 Å². The van der Waals surface area contributed by atoms with Crippen LogP contribution in [0.25, 0.3) is 65.7 Å². The zero-order valence-corrected chi connectivity index (χ0v) is 27.0. The molecule has 0 aliphatic heterocycles. The fourth-order valence-corrected chi connectivity index (χ4v) is 7.17. The molecule has 0 aliphatic rings. The molecule has 0 radical (unpaired) electrons. The smallest absolute Gasteiger partial charge is 0.0468 e. The first-order valence-electron chi connectivity index (χ1n) is 16.8. The molecule has 1 nitrogen and oxygen atoms in total. The van der Waals surface area contributed by atoms with E-state index in [1.54, 1.807) is 0 Å². The van der Waals surface area contributed by atoms with Crippen molar-refractivity contribution in [3.63, 3.8) is 0 Å². The average molecular weight is 624 g/mol. The minimum atomic E-state index is 1.11. The van der Waals surface area contributed by atoms with Crippen LogP contribution in [-0.2, 0) is 0 Å². The summed E-state index contributed by atoms with van der Waals surface area (Å²) in [4.78, 5) is 2.36. The number of rotatable bonds is 6. The first kappa shape index (κ1) is 28.8. The van der Waals surface area contributed by atoms with Gasteiger partial charge in [0.15, 0.2) is 0 Å². The van der Waals surface area contributed by atoms with E-state index in [9.17, 15) is 0 Å². The van der Waals surface area contributed by atoms with Crippen LogP contribution in [0.15, 0.2) is 200 Å². The van der Waals surface area contributed by atoms with Crippen molar-refractivity contribution in [3.8, 4) is 33.4 Å². The number of benzene rings is 9. The summed E-state index contributed by atoms with van der Waals surface area (Å²) >= 11 is 0. The molecule has 9 aromatic rings. The Kier molecular flexibility index (Phi) is 7.22. The summed E-state index contributed by atoms with van der Waals surface area (Å²) in [6.45, 7) is 0. The highest BCUT2D eigenvalue weighted by atomic mass is 15.1. The predicted octanol–water partition coefficient (Wildman–Crippen LogP) is 13.6. The van der Waals surface area contributed by atoms with Crippen molar-refractivity contribution < 1.29 is 0 Å². The third-order valence-corrected chi connectivity index (χ3v) is 9.64. The predicted molar refractivity (Wildman–Crippen MR) is 210 cm³/mol. The van der Waals surface area contributed by atoms with Crippen molar-refractivity contribution in [1.29, 1.82) is 0 Å². The maximum Gasteiger partial charge on any atom is 0.0468 e. The van der Waals surface area contributed by atoms with Crippen molar-refractivity contribution in [3.05, 3.63) is 200 Å². The molecule has 0 aliphatic carbocycles. The molecule has 49 heavy (non-hydrogen) atoms. The zero-order chi connectivity index (χ0) is 32.6. The molecule has 0 amide bonds. The van der Waals surface area contributed by atoms with Gasteiger partial charge in [-0.2, -0.15) is 0 Å². The Labute approximate surface area is 287 Å². The van der Waals surface area contributed by atoms with Crippen LogP contribution in [-0.4, -0.2) is 0 Å². The minimum Gasteiger partial charge on any atom is -0.310 e. The number of fused-ring (bicyclic) bond motifs is 4. The van der Waals surface area contributed by atoms with Gasteiger partial charge < -0.3 is 4.90 Å². The molecule has 0 aromatic heterocycles. The van der Waals surface area contributed by atoms with Crippen LogP contribution in [0.5, 0.6) is 0 Å². The van der Waals surface area contributed by atoms with Gasteiger partial charge >= 0.3 is 0 Å². The molecule has 1 heteroatoms. The lowest BCUT2D eigenvalue weighted by Crippen LogP contribution is -2.09. The molecule has 230 valence electrons. The van der Waals surface area contributed by atoms with Crippen LogP contribution in [0, 0.1) is 0 Å². The fraction of sp³-hybridized carbons (Fsp3) is 0. The third kappa shape index (κ3) is 5.42. The summed E-state index contributed by atoms with van der Waals surface area (Å²) in [6.07, 6.45) is 0. The molecule has 0 unspecified atom stereocenters. The Morgan fingerprint density at radius 1 is 0.245 bits per heavy atom. The van der Waals surface area contributed by atoms with E-state index in [1.165, 1.54) is 65.7 Å². The first-order chi connectivity index (χ1) is 24.3. The molecular weight excluding hydrogens is 591 g/mol. The van der Waals surface area contributed by atoms with E-state index in [4.69, 9.17) is 0 Å². The monoisotopic (exact) mass is 623 g/mol. The van der Waals surface area contributed by atoms with Gasteiger partial charge in [-0.05, 0) is 108 Å². The van der Waals surface area contributed by atoms with E-state index in [0.717, 1.165) is 17.1 Å². The maximum atomic E-state index is 2.36. The molecule has 0 N–H and O–H groups in total. The molecule has 0 heterocycles. The molecule has 0 saturated heterocycles. The second-order valence-electron chi connectivity index (χ2n) is 12.6. The van der Waals surface area contributed by atoms with Gasteiger partial charge in [-0.25, -0.2) is 0 Å². The SMILES string of the molecule is c1ccc(-c2ccc(N(c3ccc(-c4cccc(-c5cccc6ccccc56)c4)cc3)c3ccc4c(ccc5ccccc54)c3)cc2)cc1. The summed E-state index contributed by atoms with van der Waals surface area (Å²) in [7, 11) is 0. The number of hydrogen-bond acceptors (Lipinski definition) is 1. The van der Waals surface area contributed by atoms with Gasteiger partial charge in [-0.1, -0.05) is 158 Å². The summed E-state index contributed by atoms with van der Waals surface area (Å²) in [6, 6.07) is 72.4. The quantitative estimate of drug-likeness (QED) is 0.167. The topological polar surface area (TPSA) is 3.24 Å². The van der Waals surface area contributed by atoms with E-state index in [-0.39, 0.29) is 0 Å². The van der Waals surface area contributed by atoms with Crippen molar-refractivity contribution in [2.75, 3.05) is 4.90 Å². The fourth-order valence-electron chi connectivity index (χ4n) is 7.17. The lowest BCUT2D eigenvalue weighted by atomic mass is 9.95. The minimum absolute atomic E-state index is 1.11. The third-order valence-electron chi connectivity index (χ3n) is 9.64. The molecule has 0 fully saturated rings. The summed E-state index contributed by atoms with van der Waals surface area (Å²) in [5, 5.41) is 7.56. The first-order valence-corrected chi connectivity index (χ1v) is 16.8. The largest absolute Gasteiger partial charge is 0.310 e. The standard InChI is InChI=1S/C48H33N/c1-2-10-34(11-3-1)35-22-26-42(27-23-35)49(44-30-31-48-41(33-44)21-20-38-13-5-7-18-46(38)48)43-28-24-36(25-29-43)39-15-8-16-40(32-39)47-19-9-14-37-12-4-6-17-45(37)47/h1-33H. The number of nitrogens with zero attached hydrogens (tertiary/aromatic N) is 1. The molecule has 0 saturated carbocycles. The lowest BCUT2D eigenvalue weighted by molar-refractivity contribution is 1.29. The molecule has 0 bridgehead atoms. The lowest BCUT2D eigenvalue weighted by Gasteiger charge is -2.26. The molecule has 9 rings (SSSR count). The number of hydrogen-bond donors (Lipinski definition) is 0. The zero-order valence-electron chi connectivity index (χ0n) is 27.0. The molecule has 0 spiro atoms. The molecular formula is C48H33N.